The lowest BCUT2D eigenvalue weighted by molar-refractivity contribution is -0.143. The maximum Gasteiger partial charge on any atom is 0.416 e. The standard InChI is InChI=1S/C21H15F6N3O2/c22-20(23,24)13-7-12(8-14(9-13)21(25,26)27)19(32)30-6-4-15(31)10-16(30)17-11-28-18-3-1-2-5-29(17)18/h1-3,5,7-9,11,16H,4,6,10H2. The molecule has 168 valence electrons. The largest absolute Gasteiger partial charge is 0.416 e. The van der Waals surface area contributed by atoms with Crippen LogP contribution >= 0.6 is 0 Å². The summed E-state index contributed by atoms with van der Waals surface area (Å²) in [5.41, 5.74) is -2.94. The number of halogens is 6. The molecule has 1 atom stereocenters. The third-order valence-electron chi connectivity index (χ3n) is 5.31. The summed E-state index contributed by atoms with van der Waals surface area (Å²) in [7, 11) is 0. The number of carbonyl (C=O) groups is 2. The number of rotatable bonds is 2. The van der Waals surface area contributed by atoms with E-state index in [0.717, 1.165) is 4.90 Å². The Morgan fingerprint density at radius 1 is 1.00 bits per heavy atom. The molecule has 0 bridgehead atoms. The van der Waals surface area contributed by atoms with E-state index in [2.05, 4.69) is 4.98 Å². The van der Waals surface area contributed by atoms with Crippen LogP contribution < -0.4 is 0 Å². The molecule has 0 saturated carbocycles. The van der Waals surface area contributed by atoms with Crippen LogP contribution in [0.3, 0.4) is 0 Å². The zero-order chi connectivity index (χ0) is 23.3. The van der Waals surface area contributed by atoms with Gasteiger partial charge in [0.05, 0.1) is 29.1 Å². The molecule has 3 heterocycles. The van der Waals surface area contributed by atoms with Gasteiger partial charge in [-0.2, -0.15) is 26.3 Å². The summed E-state index contributed by atoms with van der Waals surface area (Å²) in [4.78, 5) is 30.6. The van der Waals surface area contributed by atoms with E-state index in [1.54, 1.807) is 28.8 Å². The lowest BCUT2D eigenvalue weighted by atomic mass is 9.96. The summed E-state index contributed by atoms with van der Waals surface area (Å²) >= 11 is 0. The number of pyridine rings is 1. The van der Waals surface area contributed by atoms with E-state index in [9.17, 15) is 35.9 Å². The second kappa shape index (κ2) is 7.64. The summed E-state index contributed by atoms with van der Waals surface area (Å²) in [6.07, 6.45) is -7.24. The number of aromatic nitrogens is 2. The van der Waals surface area contributed by atoms with Gasteiger partial charge in [-0.3, -0.25) is 9.59 Å². The monoisotopic (exact) mass is 455 g/mol. The number of ketones is 1. The number of hydrogen-bond acceptors (Lipinski definition) is 3. The van der Waals surface area contributed by atoms with Crippen LogP contribution in [0, 0.1) is 0 Å². The number of likely N-dealkylation sites (tertiary alicyclic amines) is 1. The van der Waals surface area contributed by atoms with Gasteiger partial charge in [-0.25, -0.2) is 4.98 Å². The predicted molar refractivity (Wildman–Crippen MR) is 99.7 cm³/mol. The van der Waals surface area contributed by atoms with Crippen molar-refractivity contribution in [3.8, 4) is 0 Å². The van der Waals surface area contributed by atoms with E-state index < -0.39 is 41.0 Å². The molecule has 1 amide bonds. The summed E-state index contributed by atoms with van der Waals surface area (Å²) < 4.78 is 80.9. The number of carbonyl (C=O) groups excluding carboxylic acids is 2. The number of imidazole rings is 1. The maximum atomic E-state index is 13.2. The van der Waals surface area contributed by atoms with Crippen molar-refractivity contribution >= 4 is 17.3 Å². The van der Waals surface area contributed by atoms with Gasteiger partial charge in [-0.1, -0.05) is 6.07 Å². The zero-order valence-corrected chi connectivity index (χ0v) is 16.2. The Kier molecular flexibility index (Phi) is 5.22. The minimum Gasteiger partial charge on any atom is -0.329 e. The highest BCUT2D eigenvalue weighted by Crippen LogP contribution is 2.38. The minimum atomic E-state index is -5.07. The Balaban J connectivity index is 1.79. The fourth-order valence-corrected chi connectivity index (χ4v) is 3.78. The van der Waals surface area contributed by atoms with Gasteiger partial charge in [0.25, 0.3) is 5.91 Å². The van der Waals surface area contributed by atoms with E-state index in [1.165, 1.54) is 6.20 Å². The first-order valence-corrected chi connectivity index (χ1v) is 9.49. The van der Waals surface area contributed by atoms with Crippen molar-refractivity contribution < 1.29 is 35.9 Å². The fourth-order valence-electron chi connectivity index (χ4n) is 3.78. The van der Waals surface area contributed by atoms with Gasteiger partial charge in [-0.05, 0) is 30.3 Å². The van der Waals surface area contributed by atoms with Crippen LogP contribution in [-0.4, -0.2) is 32.5 Å². The van der Waals surface area contributed by atoms with Crippen LogP contribution in [0.5, 0.6) is 0 Å². The number of fused-ring (bicyclic) bond motifs is 1. The number of amides is 1. The number of piperidine rings is 1. The Morgan fingerprint density at radius 2 is 1.66 bits per heavy atom. The van der Waals surface area contributed by atoms with Crippen molar-refractivity contribution in [2.45, 2.75) is 31.2 Å². The van der Waals surface area contributed by atoms with Crippen LogP contribution in [0.2, 0.25) is 0 Å². The maximum absolute atomic E-state index is 13.2. The number of hydrogen-bond donors (Lipinski definition) is 0. The van der Waals surface area contributed by atoms with Crippen LogP contribution in [0.25, 0.3) is 5.65 Å². The van der Waals surface area contributed by atoms with Gasteiger partial charge in [0.15, 0.2) is 0 Å². The average Bonchev–Trinajstić information content (AvgIpc) is 3.15. The van der Waals surface area contributed by atoms with Crippen LogP contribution in [-0.2, 0) is 17.1 Å². The third-order valence-corrected chi connectivity index (χ3v) is 5.31. The lowest BCUT2D eigenvalue weighted by Crippen LogP contribution is -2.42. The van der Waals surface area contributed by atoms with Crippen molar-refractivity contribution in [1.82, 2.24) is 14.3 Å². The molecule has 5 nitrogen and oxygen atoms in total. The Morgan fingerprint density at radius 3 is 2.28 bits per heavy atom. The predicted octanol–water partition coefficient (Wildman–Crippen LogP) is 4.92. The van der Waals surface area contributed by atoms with E-state index in [1.807, 2.05) is 0 Å². The van der Waals surface area contributed by atoms with Crippen LogP contribution in [0.4, 0.5) is 26.3 Å². The van der Waals surface area contributed by atoms with Crippen molar-refractivity contribution in [2.24, 2.45) is 0 Å². The van der Waals surface area contributed by atoms with Gasteiger partial charge in [0.1, 0.15) is 11.4 Å². The minimum absolute atomic E-state index is 0.0293. The van der Waals surface area contributed by atoms with Crippen molar-refractivity contribution in [3.05, 3.63) is 71.2 Å². The fraction of sp³-hybridized carbons (Fsp3) is 0.286. The average molecular weight is 455 g/mol. The third kappa shape index (κ3) is 4.06. The highest BCUT2D eigenvalue weighted by Gasteiger charge is 2.39. The Labute approximate surface area is 177 Å². The second-order valence-electron chi connectivity index (χ2n) is 7.41. The summed E-state index contributed by atoms with van der Waals surface area (Å²) in [6, 6.07) is 4.99. The lowest BCUT2D eigenvalue weighted by Gasteiger charge is -2.35. The van der Waals surface area contributed by atoms with Gasteiger partial charge in [-0.15, -0.1) is 0 Å². The van der Waals surface area contributed by atoms with Gasteiger partial charge in [0, 0.05) is 31.1 Å². The summed E-state index contributed by atoms with van der Waals surface area (Å²) in [5.74, 6) is -1.20. The molecular formula is C21H15F6N3O2. The molecule has 1 unspecified atom stereocenters. The molecule has 1 aromatic carbocycles. The van der Waals surface area contributed by atoms with Crippen LogP contribution in [0.1, 0.15) is 46.1 Å². The number of Topliss-reactive ketones (excluding diaryl/α,β-unsaturated/α-hetero) is 1. The molecular weight excluding hydrogens is 440 g/mol. The Hall–Kier alpha value is -3.37. The summed E-state index contributed by atoms with van der Waals surface area (Å²) in [5, 5.41) is 0. The SMILES string of the molecule is O=C1CCN(C(=O)c2cc(C(F)(F)F)cc(C(F)(F)F)c2)C(c2cnc3ccccn23)C1. The first-order valence-electron chi connectivity index (χ1n) is 9.49. The zero-order valence-electron chi connectivity index (χ0n) is 16.2. The highest BCUT2D eigenvalue weighted by atomic mass is 19.4. The molecule has 4 rings (SSSR count). The first-order chi connectivity index (χ1) is 14.9. The molecule has 0 spiro atoms. The van der Waals surface area contributed by atoms with Crippen LogP contribution in [0.15, 0.2) is 48.8 Å². The first kappa shape index (κ1) is 21.8. The summed E-state index contributed by atoms with van der Waals surface area (Å²) in [6.45, 7) is -0.139. The second-order valence-corrected chi connectivity index (χ2v) is 7.41. The van der Waals surface area contributed by atoms with Crippen molar-refractivity contribution in [2.75, 3.05) is 6.54 Å². The molecule has 3 aromatic rings. The number of benzene rings is 1. The van der Waals surface area contributed by atoms with E-state index in [-0.39, 0.29) is 31.2 Å². The van der Waals surface area contributed by atoms with Gasteiger partial charge >= 0.3 is 12.4 Å². The van der Waals surface area contributed by atoms with Gasteiger partial charge in [0.2, 0.25) is 0 Å². The highest BCUT2D eigenvalue weighted by molar-refractivity contribution is 5.96. The quantitative estimate of drug-likeness (QED) is 0.516. The molecule has 1 saturated heterocycles. The van der Waals surface area contributed by atoms with E-state index in [0.29, 0.717) is 23.5 Å². The molecule has 0 aliphatic carbocycles. The smallest absolute Gasteiger partial charge is 0.329 e. The van der Waals surface area contributed by atoms with E-state index >= 15 is 0 Å². The number of alkyl halides is 6. The van der Waals surface area contributed by atoms with Crippen molar-refractivity contribution in [1.29, 1.82) is 0 Å². The normalized spacial score (nSPS) is 17.8. The van der Waals surface area contributed by atoms with Crippen molar-refractivity contribution in [3.63, 3.8) is 0 Å². The topological polar surface area (TPSA) is 54.7 Å². The molecule has 1 aliphatic heterocycles. The molecule has 32 heavy (non-hydrogen) atoms. The molecule has 1 aliphatic rings. The molecule has 2 aromatic heterocycles. The molecule has 0 radical (unpaired) electrons. The molecule has 0 N–H and O–H groups in total. The van der Waals surface area contributed by atoms with E-state index in [4.69, 9.17) is 0 Å². The molecule has 11 heteroatoms. The van der Waals surface area contributed by atoms with Gasteiger partial charge < -0.3 is 9.30 Å². The molecule has 1 fully saturated rings. The Bertz CT molecular complexity index is 1170. The number of nitrogens with zero attached hydrogens (tertiary/aromatic N) is 3.